The number of ether oxygens (including phenoxy) is 1. The molecule has 1 aliphatic heterocycles. The number of nitrogens with zero attached hydrogens (tertiary/aromatic N) is 5. The van der Waals surface area contributed by atoms with Crippen LogP contribution in [0.4, 0.5) is 5.82 Å². The Morgan fingerprint density at radius 3 is 2.69 bits per heavy atom. The third-order valence-corrected chi connectivity index (χ3v) is 6.25. The van der Waals surface area contributed by atoms with Crippen LogP contribution in [0.5, 0.6) is 0 Å². The van der Waals surface area contributed by atoms with Gasteiger partial charge >= 0.3 is 0 Å². The van der Waals surface area contributed by atoms with Crippen molar-refractivity contribution in [2.24, 2.45) is 0 Å². The van der Waals surface area contributed by atoms with Crippen LogP contribution in [0.3, 0.4) is 0 Å². The summed E-state index contributed by atoms with van der Waals surface area (Å²) >= 11 is 0. The molecule has 1 saturated heterocycles. The summed E-state index contributed by atoms with van der Waals surface area (Å²) in [4.78, 5) is 34.6. The summed E-state index contributed by atoms with van der Waals surface area (Å²) in [6, 6.07) is 9.56. The Kier molecular flexibility index (Phi) is 6.85. The number of carbonyl (C=O) groups is 1. The lowest BCUT2D eigenvalue weighted by atomic mass is 9.99. The molecule has 0 aliphatic carbocycles. The third-order valence-electron chi connectivity index (χ3n) is 6.25. The van der Waals surface area contributed by atoms with Crippen LogP contribution in [0.2, 0.25) is 0 Å². The van der Waals surface area contributed by atoms with E-state index in [4.69, 9.17) is 4.74 Å². The lowest BCUT2D eigenvalue weighted by Gasteiger charge is -2.20. The number of nitrogens with one attached hydrogen (secondary N) is 2. The number of rotatable bonds is 7. The topological polar surface area (TPSA) is 115 Å². The lowest BCUT2D eigenvalue weighted by molar-refractivity contribution is 0.0836. The van der Waals surface area contributed by atoms with E-state index in [0.29, 0.717) is 18.0 Å². The third kappa shape index (κ3) is 5.09. The maximum absolute atomic E-state index is 12.2. The average Bonchev–Trinajstić information content (AvgIpc) is 2.93. The van der Waals surface area contributed by atoms with Gasteiger partial charge in [-0.25, -0.2) is 19.9 Å². The molecule has 178 valence electrons. The van der Waals surface area contributed by atoms with Gasteiger partial charge in [0.25, 0.3) is 5.91 Å². The van der Waals surface area contributed by atoms with Crippen molar-refractivity contribution in [1.29, 1.82) is 0 Å². The molecule has 1 fully saturated rings. The van der Waals surface area contributed by atoms with Crippen LogP contribution in [0.25, 0.3) is 22.2 Å². The first kappa shape index (κ1) is 22.8. The van der Waals surface area contributed by atoms with Crippen molar-refractivity contribution in [3.63, 3.8) is 0 Å². The molecule has 0 atom stereocenters. The second kappa shape index (κ2) is 10.5. The van der Waals surface area contributed by atoms with Crippen LogP contribution in [0, 0.1) is 0 Å². The minimum atomic E-state index is -0.119. The molecule has 9 heteroatoms. The molecule has 1 aromatic carbocycles. The number of fused-ring (bicyclic) bond motifs is 1. The zero-order chi connectivity index (χ0) is 24.0. The van der Waals surface area contributed by atoms with Gasteiger partial charge < -0.3 is 15.4 Å². The minimum Gasteiger partial charge on any atom is -0.381 e. The van der Waals surface area contributed by atoms with Gasteiger partial charge in [0.15, 0.2) is 0 Å². The molecule has 4 heterocycles. The van der Waals surface area contributed by atoms with Gasteiger partial charge in [0.05, 0.1) is 16.8 Å². The van der Waals surface area contributed by atoms with E-state index < -0.39 is 0 Å². The second-order valence-electron chi connectivity index (χ2n) is 8.43. The zero-order valence-electron chi connectivity index (χ0n) is 19.6. The molecule has 2 N–H and O–H groups in total. The average molecular weight is 470 g/mol. The monoisotopic (exact) mass is 469 g/mol. The Bertz CT molecular complexity index is 1320. The second-order valence-corrected chi connectivity index (χ2v) is 8.43. The molecule has 4 aromatic rings. The highest BCUT2D eigenvalue weighted by atomic mass is 16.5. The largest absolute Gasteiger partial charge is 0.381 e. The number of para-hydroxylation sites is 1. The number of hydrogen-bond donors (Lipinski definition) is 2. The molecule has 35 heavy (non-hydrogen) atoms. The van der Waals surface area contributed by atoms with E-state index >= 15 is 0 Å². The molecular formula is C26H27N7O2. The van der Waals surface area contributed by atoms with E-state index in [1.54, 1.807) is 25.6 Å². The van der Waals surface area contributed by atoms with Crippen LogP contribution in [0.1, 0.15) is 40.5 Å². The van der Waals surface area contributed by atoms with E-state index in [1.165, 1.54) is 0 Å². The van der Waals surface area contributed by atoms with Crippen molar-refractivity contribution in [3.8, 4) is 11.3 Å². The summed E-state index contributed by atoms with van der Waals surface area (Å²) in [5.74, 6) is 1.83. The number of amides is 1. The molecule has 5 rings (SSSR count). The normalized spacial score (nSPS) is 14.1. The van der Waals surface area contributed by atoms with E-state index in [9.17, 15) is 4.79 Å². The van der Waals surface area contributed by atoms with Crippen molar-refractivity contribution in [2.45, 2.75) is 25.2 Å². The van der Waals surface area contributed by atoms with Crippen molar-refractivity contribution in [2.75, 3.05) is 32.1 Å². The fourth-order valence-electron chi connectivity index (χ4n) is 4.35. The maximum atomic E-state index is 12.2. The minimum absolute atomic E-state index is 0.119. The fraction of sp³-hybridized carbons (Fsp3) is 0.308. The van der Waals surface area contributed by atoms with E-state index in [-0.39, 0.29) is 5.91 Å². The van der Waals surface area contributed by atoms with Gasteiger partial charge in [-0.15, -0.1) is 0 Å². The van der Waals surface area contributed by atoms with Gasteiger partial charge in [-0.05, 0) is 30.9 Å². The molecule has 1 aliphatic rings. The summed E-state index contributed by atoms with van der Waals surface area (Å²) in [6.07, 6.45) is 9.52. The molecular weight excluding hydrogens is 442 g/mol. The number of aromatic nitrogens is 5. The summed E-state index contributed by atoms with van der Waals surface area (Å²) in [7, 11) is 1.63. The van der Waals surface area contributed by atoms with Crippen LogP contribution in [0.15, 0.2) is 55.2 Å². The SMILES string of the molecule is CNC(=O)c1ccnc2c(CCNc3cc(-c4cnc(C5CCOCC5)nc4)ncn3)cccc12. The Morgan fingerprint density at radius 2 is 1.89 bits per heavy atom. The zero-order valence-corrected chi connectivity index (χ0v) is 19.6. The van der Waals surface area contributed by atoms with Gasteiger partial charge in [0, 0.05) is 68.3 Å². The van der Waals surface area contributed by atoms with Crippen molar-refractivity contribution in [1.82, 2.24) is 30.2 Å². The van der Waals surface area contributed by atoms with Gasteiger partial charge in [-0.1, -0.05) is 18.2 Å². The van der Waals surface area contributed by atoms with E-state index in [0.717, 1.165) is 71.8 Å². The first-order valence-corrected chi connectivity index (χ1v) is 11.8. The maximum Gasteiger partial charge on any atom is 0.251 e. The molecule has 9 nitrogen and oxygen atoms in total. The van der Waals surface area contributed by atoms with Crippen LogP contribution in [-0.4, -0.2) is 57.6 Å². The standard InChI is InChI=1S/C26H27N7O2/c1-27-26(34)21-6-10-29-24-17(3-2-4-20(21)24)5-9-28-23-13-22(32-16-33-23)19-14-30-25(31-15-19)18-7-11-35-12-8-18/h2-4,6,10,13-16,18H,5,7-9,11-12H2,1H3,(H,27,34)(H,28,32,33). The number of anilines is 1. The van der Waals surface area contributed by atoms with Crippen molar-refractivity contribution >= 4 is 22.6 Å². The highest BCUT2D eigenvalue weighted by Gasteiger charge is 2.18. The predicted molar refractivity (Wildman–Crippen MR) is 133 cm³/mol. The quantitative estimate of drug-likeness (QED) is 0.423. The van der Waals surface area contributed by atoms with Crippen molar-refractivity contribution < 1.29 is 9.53 Å². The first-order chi connectivity index (χ1) is 17.2. The Morgan fingerprint density at radius 1 is 1.06 bits per heavy atom. The predicted octanol–water partition coefficient (Wildman–Crippen LogP) is 3.39. The molecule has 0 saturated carbocycles. The highest BCUT2D eigenvalue weighted by Crippen LogP contribution is 2.25. The van der Waals surface area contributed by atoms with Gasteiger partial charge in [-0.2, -0.15) is 0 Å². The summed E-state index contributed by atoms with van der Waals surface area (Å²) in [5, 5.41) is 6.90. The molecule has 1 amide bonds. The van der Waals surface area contributed by atoms with Crippen LogP contribution >= 0.6 is 0 Å². The highest BCUT2D eigenvalue weighted by molar-refractivity contribution is 6.06. The molecule has 0 bridgehead atoms. The number of pyridine rings is 1. The molecule has 3 aromatic heterocycles. The Labute approximate surface area is 203 Å². The lowest BCUT2D eigenvalue weighted by Crippen LogP contribution is -2.18. The summed E-state index contributed by atoms with van der Waals surface area (Å²) in [5.41, 5.74) is 4.14. The van der Waals surface area contributed by atoms with E-state index in [1.807, 2.05) is 36.7 Å². The Balaban J connectivity index is 1.26. The molecule has 0 unspecified atom stereocenters. The van der Waals surface area contributed by atoms with Crippen LogP contribution < -0.4 is 10.6 Å². The smallest absolute Gasteiger partial charge is 0.251 e. The van der Waals surface area contributed by atoms with E-state index in [2.05, 4.69) is 35.6 Å². The fourth-order valence-corrected chi connectivity index (χ4v) is 4.35. The van der Waals surface area contributed by atoms with Gasteiger partial charge in [0.2, 0.25) is 0 Å². The molecule has 0 radical (unpaired) electrons. The first-order valence-electron chi connectivity index (χ1n) is 11.8. The summed E-state index contributed by atoms with van der Waals surface area (Å²) in [6.45, 7) is 2.18. The Hall–Kier alpha value is -3.98. The van der Waals surface area contributed by atoms with Gasteiger partial charge in [-0.3, -0.25) is 9.78 Å². The van der Waals surface area contributed by atoms with Crippen molar-refractivity contribution in [3.05, 3.63) is 72.2 Å². The number of benzene rings is 1. The number of hydrogen-bond acceptors (Lipinski definition) is 8. The van der Waals surface area contributed by atoms with Gasteiger partial charge in [0.1, 0.15) is 18.0 Å². The number of carbonyl (C=O) groups excluding carboxylic acids is 1. The summed E-state index contributed by atoms with van der Waals surface area (Å²) < 4.78 is 5.43. The molecule has 0 spiro atoms. The van der Waals surface area contributed by atoms with Crippen LogP contribution in [-0.2, 0) is 11.2 Å².